The van der Waals surface area contributed by atoms with Gasteiger partial charge in [0, 0.05) is 31.9 Å². The molecule has 2 fully saturated rings. The van der Waals surface area contributed by atoms with Crippen LogP contribution in [0.25, 0.3) is 0 Å². The number of nitrogens with one attached hydrogen (secondary N) is 2. The average Bonchev–Trinajstić information content (AvgIpc) is 2.88. The third kappa shape index (κ3) is 5.66. The molecule has 34 heavy (non-hydrogen) atoms. The van der Waals surface area contributed by atoms with E-state index < -0.39 is 10.0 Å². The SMILES string of the molecule is N#Cc1cccc(NC(=O)CNc2cc(S(=O)(=O)N3CCOCC3)ccc2N2CCOCC2)c1. The lowest BCUT2D eigenvalue weighted by molar-refractivity contribution is -0.114. The fraction of sp³-hybridized carbons (Fsp3) is 0.391. The molecular formula is C23H27N5O5S. The van der Waals surface area contributed by atoms with Gasteiger partial charge in [0.05, 0.1) is 60.9 Å². The summed E-state index contributed by atoms with van der Waals surface area (Å²) in [7, 11) is -3.69. The van der Waals surface area contributed by atoms with Crippen molar-refractivity contribution in [3.8, 4) is 6.07 Å². The van der Waals surface area contributed by atoms with Crippen molar-refractivity contribution in [1.29, 1.82) is 5.26 Å². The van der Waals surface area contributed by atoms with Gasteiger partial charge in [-0.05, 0) is 36.4 Å². The molecule has 2 heterocycles. The molecule has 10 nitrogen and oxygen atoms in total. The highest BCUT2D eigenvalue weighted by molar-refractivity contribution is 7.89. The predicted octanol–water partition coefficient (Wildman–Crippen LogP) is 1.47. The number of carbonyl (C=O) groups is 1. The zero-order valence-corrected chi connectivity index (χ0v) is 19.5. The molecular weight excluding hydrogens is 458 g/mol. The van der Waals surface area contributed by atoms with E-state index in [0.29, 0.717) is 69.5 Å². The van der Waals surface area contributed by atoms with Crippen molar-refractivity contribution in [3.05, 3.63) is 48.0 Å². The molecule has 0 spiro atoms. The summed E-state index contributed by atoms with van der Waals surface area (Å²) >= 11 is 0. The molecule has 4 rings (SSSR count). The predicted molar refractivity (Wildman–Crippen MR) is 127 cm³/mol. The largest absolute Gasteiger partial charge is 0.379 e. The Bertz CT molecular complexity index is 1170. The summed E-state index contributed by atoms with van der Waals surface area (Å²) in [4.78, 5) is 14.8. The first-order valence-corrected chi connectivity index (χ1v) is 12.5. The molecule has 0 aromatic heterocycles. The lowest BCUT2D eigenvalue weighted by Gasteiger charge is -2.31. The number of anilines is 3. The van der Waals surface area contributed by atoms with Gasteiger partial charge in [-0.1, -0.05) is 6.07 Å². The molecule has 2 saturated heterocycles. The molecule has 2 aliphatic rings. The van der Waals surface area contributed by atoms with Crippen LogP contribution < -0.4 is 15.5 Å². The molecule has 180 valence electrons. The third-order valence-corrected chi connectivity index (χ3v) is 7.54. The van der Waals surface area contributed by atoms with Gasteiger partial charge in [0.1, 0.15) is 0 Å². The monoisotopic (exact) mass is 485 g/mol. The van der Waals surface area contributed by atoms with Crippen molar-refractivity contribution in [2.24, 2.45) is 0 Å². The quantitative estimate of drug-likeness (QED) is 0.604. The number of morpholine rings is 2. The van der Waals surface area contributed by atoms with Crippen LogP contribution in [0.15, 0.2) is 47.4 Å². The number of hydrogen-bond acceptors (Lipinski definition) is 8. The molecule has 0 aliphatic carbocycles. The number of carbonyl (C=O) groups excluding carboxylic acids is 1. The Labute approximate surface area is 199 Å². The van der Waals surface area contributed by atoms with Gasteiger partial charge in [0.2, 0.25) is 15.9 Å². The third-order valence-electron chi connectivity index (χ3n) is 5.64. The number of sulfonamides is 1. The number of nitriles is 1. The number of ether oxygens (including phenoxy) is 2. The molecule has 0 unspecified atom stereocenters. The maximum Gasteiger partial charge on any atom is 0.243 e. The van der Waals surface area contributed by atoms with Crippen molar-refractivity contribution < 1.29 is 22.7 Å². The number of nitrogens with zero attached hydrogens (tertiary/aromatic N) is 3. The van der Waals surface area contributed by atoms with E-state index in [1.807, 2.05) is 6.07 Å². The zero-order valence-electron chi connectivity index (χ0n) is 18.7. The smallest absolute Gasteiger partial charge is 0.243 e. The van der Waals surface area contributed by atoms with Crippen molar-refractivity contribution >= 4 is 33.0 Å². The van der Waals surface area contributed by atoms with Gasteiger partial charge in [0.25, 0.3) is 0 Å². The van der Waals surface area contributed by atoms with Crippen LogP contribution >= 0.6 is 0 Å². The van der Waals surface area contributed by atoms with E-state index in [-0.39, 0.29) is 17.3 Å². The fourth-order valence-electron chi connectivity index (χ4n) is 3.88. The van der Waals surface area contributed by atoms with Crippen molar-refractivity contribution in [2.45, 2.75) is 4.90 Å². The van der Waals surface area contributed by atoms with Crippen LogP contribution in [0.4, 0.5) is 17.1 Å². The number of hydrogen-bond donors (Lipinski definition) is 2. The summed E-state index contributed by atoms with van der Waals surface area (Å²) < 4.78 is 38.5. The van der Waals surface area contributed by atoms with E-state index in [1.165, 1.54) is 4.31 Å². The minimum absolute atomic E-state index is 0.0742. The van der Waals surface area contributed by atoms with Gasteiger partial charge in [-0.15, -0.1) is 0 Å². The van der Waals surface area contributed by atoms with Crippen LogP contribution in [-0.4, -0.2) is 77.8 Å². The van der Waals surface area contributed by atoms with E-state index in [9.17, 15) is 13.2 Å². The molecule has 0 bridgehead atoms. The number of amides is 1. The van der Waals surface area contributed by atoms with Crippen molar-refractivity contribution in [1.82, 2.24) is 4.31 Å². The van der Waals surface area contributed by atoms with Gasteiger partial charge < -0.3 is 25.0 Å². The second-order valence-corrected chi connectivity index (χ2v) is 9.83. The van der Waals surface area contributed by atoms with E-state index in [2.05, 4.69) is 15.5 Å². The average molecular weight is 486 g/mol. The maximum atomic E-state index is 13.2. The Morgan fingerprint density at radius 2 is 1.71 bits per heavy atom. The first-order chi connectivity index (χ1) is 16.5. The number of rotatable bonds is 7. The lowest BCUT2D eigenvalue weighted by atomic mass is 10.2. The molecule has 0 radical (unpaired) electrons. The highest BCUT2D eigenvalue weighted by atomic mass is 32.2. The van der Waals surface area contributed by atoms with E-state index >= 15 is 0 Å². The molecule has 11 heteroatoms. The minimum atomic E-state index is -3.69. The summed E-state index contributed by atoms with van der Waals surface area (Å²) in [5, 5.41) is 14.9. The summed E-state index contributed by atoms with van der Waals surface area (Å²) in [6.45, 7) is 3.74. The van der Waals surface area contributed by atoms with Gasteiger partial charge in [0.15, 0.2) is 0 Å². The summed E-state index contributed by atoms with van der Waals surface area (Å²) in [5.41, 5.74) is 2.32. The summed E-state index contributed by atoms with van der Waals surface area (Å²) in [6.07, 6.45) is 0. The first-order valence-electron chi connectivity index (χ1n) is 11.1. The van der Waals surface area contributed by atoms with Crippen LogP contribution in [0.1, 0.15) is 5.56 Å². The Kier molecular flexibility index (Phi) is 7.64. The standard InChI is InChI=1S/C23H27N5O5S/c24-16-18-2-1-3-19(14-18)26-23(29)17-25-21-15-20(34(30,31)28-8-12-33-13-9-28)4-5-22(21)27-6-10-32-11-7-27/h1-5,14-15,25H,6-13,17H2,(H,26,29). The van der Waals surface area contributed by atoms with E-state index in [0.717, 1.165) is 5.69 Å². The zero-order chi connectivity index (χ0) is 24.0. The van der Waals surface area contributed by atoms with Crippen molar-refractivity contribution in [3.63, 3.8) is 0 Å². The second-order valence-electron chi connectivity index (χ2n) is 7.89. The lowest BCUT2D eigenvalue weighted by Crippen LogP contribution is -2.40. The molecule has 2 N–H and O–H groups in total. The topological polar surface area (TPSA) is 124 Å². The second kappa shape index (κ2) is 10.8. The molecule has 2 aromatic carbocycles. The van der Waals surface area contributed by atoms with E-state index in [4.69, 9.17) is 14.7 Å². The Morgan fingerprint density at radius 3 is 2.41 bits per heavy atom. The highest BCUT2D eigenvalue weighted by Gasteiger charge is 2.27. The van der Waals surface area contributed by atoms with Gasteiger partial charge >= 0.3 is 0 Å². The molecule has 0 saturated carbocycles. The molecule has 1 amide bonds. The van der Waals surface area contributed by atoms with Crippen LogP contribution in [0.3, 0.4) is 0 Å². The Balaban J connectivity index is 1.54. The first kappa shape index (κ1) is 24.0. The van der Waals surface area contributed by atoms with Gasteiger partial charge in [-0.25, -0.2) is 8.42 Å². The molecule has 2 aromatic rings. The van der Waals surface area contributed by atoms with Crippen molar-refractivity contribution in [2.75, 3.05) is 74.7 Å². The molecule has 0 atom stereocenters. The Morgan fingerprint density at radius 1 is 1.00 bits per heavy atom. The Hall–Kier alpha value is -3.17. The fourth-order valence-corrected chi connectivity index (χ4v) is 5.32. The maximum absolute atomic E-state index is 13.2. The van der Waals surface area contributed by atoms with Crippen LogP contribution in [-0.2, 0) is 24.3 Å². The normalized spacial score (nSPS) is 17.1. The minimum Gasteiger partial charge on any atom is -0.379 e. The summed E-state index contributed by atoms with van der Waals surface area (Å²) in [6, 6.07) is 13.6. The van der Waals surface area contributed by atoms with Crippen LogP contribution in [0.2, 0.25) is 0 Å². The highest BCUT2D eigenvalue weighted by Crippen LogP contribution is 2.31. The van der Waals surface area contributed by atoms with E-state index in [1.54, 1.807) is 42.5 Å². The molecule has 2 aliphatic heterocycles. The summed E-state index contributed by atoms with van der Waals surface area (Å²) in [5.74, 6) is -0.315. The van der Waals surface area contributed by atoms with Gasteiger partial charge in [-0.2, -0.15) is 9.57 Å². The number of benzene rings is 2. The van der Waals surface area contributed by atoms with Gasteiger partial charge in [-0.3, -0.25) is 4.79 Å². The van der Waals surface area contributed by atoms with Crippen LogP contribution in [0.5, 0.6) is 0 Å². The van der Waals surface area contributed by atoms with Crippen LogP contribution in [0, 0.1) is 11.3 Å².